The number of benzene rings is 3. The molecule has 0 saturated carbocycles. The van der Waals surface area contributed by atoms with Crippen molar-refractivity contribution in [3.63, 3.8) is 0 Å². The lowest BCUT2D eigenvalue weighted by atomic mass is 9.88. The Balaban J connectivity index is 2.12. The fraction of sp³-hybridized carbons (Fsp3) is 0.280. The summed E-state index contributed by atoms with van der Waals surface area (Å²) in [6.45, 7) is 8.43. The summed E-state index contributed by atoms with van der Waals surface area (Å²) in [5.74, 6) is 0.425. The van der Waals surface area contributed by atoms with E-state index in [0.29, 0.717) is 5.69 Å². The molecule has 0 aliphatic rings. The molecule has 3 aromatic rings. The van der Waals surface area contributed by atoms with Crippen LogP contribution in [0.25, 0.3) is 11.1 Å². The summed E-state index contributed by atoms with van der Waals surface area (Å²) in [5, 5.41) is 3.51. The normalized spacial score (nSPS) is 11.9. The molecule has 0 amide bonds. The minimum Gasteiger partial charge on any atom is -0.397 e. The van der Waals surface area contributed by atoms with Gasteiger partial charge in [-0.15, -0.1) is 0 Å². The van der Waals surface area contributed by atoms with E-state index >= 15 is 0 Å². The Morgan fingerprint density at radius 2 is 1.30 bits per heavy atom. The fourth-order valence-electron chi connectivity index (χ4n) is 3.51. The maximum absolute atomic E-state index is 12.9. The third-order valence-corrected chi connectivity index (χ3v) is 5.21. The SMILES string of the molecule is CC(C)c1cc(-c2ccc(C(F)(F)F)cc2)cc(C(C)C)c1Nc1ccccc1N. The molecule has 2 nitrogen and oxygen atoms in total. The van der Waals surface area contributed by atoms with E-state index in [1.807, 2.05) is 24.3 Å². The van der Waals surface area contributed by atoms with E-state index in [9.17, 15) is 13.2 Å². The van der Waals surface area contributed by atoms with Crippen molar-refractivity contribution in [2.75, 3.05) is 11.1 Å². The molecule has 158 valence electrons. The van der Waals surface area contributed by atoms with Gasteiger partial charge in [0, 0.05) is 5.69 Å². The molecule has 0 aliphatic heterocycles. The molecule has 3 rings (SSSR count). The van der Waals surface area contributed by atoms with Gasteiger partial charge in [-0.05, 0) is 70.5 Å². The molecule has 0 radical (unpaired) electrons. The molecule has 0 aliphatic carbocycles. The smallest absolute Gasteiger partial charge is 0.397 e. The van der Waals surface area contributed by atoms with Crippen molar-refractivity contribution in [1.29, 1.82) is 0 Å². The number of nitrogens with one attached hydrogen (secondary N) is 1. The number of halogens is 3. The van der Waals surface area contributed by atoms with Gasteiger partial charge in [0.25, 0.3) is 0 Å². The van der Waals surface area contributed by atoms with Gasteiger partial charge in [0.05, 0.1) is 16.9 Å². The number of hydrogen-bond acceptors (Lipinski definition) is 2. The van der Waals surface area contributed by atoms with Crippen LogP contribution in [0.2, 0.25) is 0 Å². The number of para-hydroxylation sites is 2. The fourth-order valence-corrected chi connectivity index (χ4v) is 3.51. The second-order valence-electron chi connectivity index (χ2n) is 8.13. The molecular weight excluding hydrogens is 385 g/mol. The number of alkyl halides is 3. The zero-order chi connectivity index (χ0) is 22.1. The molecular formula is C25H27F3N2. The first-order valence-corrected chi connectivity index (χ1v) is 10.0. The highest BCUT2D eigenvalue weighted by Crippen LogP contribution is 2.40. The highest BCUT2D eigenvalue weighted by atomic mass is 19.4. The predicted octanol–water partition coefficient (Wildman–Crippen LogP) is 7.95. The third-order valence-electron chi connectivity index (χ3n) is 5.21. The van der Waals surface area contributed by atoms with Gasteiger partial charge >= 0.3 is 6.18 Å². The Morgan fingerprint density at radius 3 is 1.77 bits per heavy atom. The minimum absolute atomic E-state index is 0.212. The Labute approximate surface area is 175 Å². The summed E-state index contributed by atoms with van der Waals surface area (Å²) in [5.41, 5.74) is 11.9. The van der Waals surface area contributed by atoms with E-state index in [0.717, 1.165) is 45.8 Å². The number of hydrogen-bond donors (Lipinski definition) is 2. The van der Waals surface area contributed by atoms with Crippen molar-refractivity contribution in [2.45, 2.75) is 45.7 Å². The average Bonchev–Trinajstić information content (AvgIpc) is 2.68. The van der Waals surface area contributed by atoms with Gasteiger partial charge in [-0.2, -0.15) is 13.2 Å². The topological polar surface area (TPSA) is 38.0 Å². The molecule has 3 N–H and O–H groups in total. The van der Waals surface area contributed by atoms with E-state index in [-0.39, 0.29) is 11.8 Å². The summed E-state index contributed by atoms with van der Waals surface area (Å²) < 4.78 is 38.8. The van der Waals surface area contributed by atoms with Gasteiger partial charge in [-0.3, -0.25) is 0 Å². The molecule has 0 unspecified atom stereocenters. The van der Waals surface area contributed by atoms with Crippen molar-refractivity contribution >= 4 is 17.1 Å². The largest absolute Gasteiger partial charge is 0.416 e. The van der Waals surface area contributed by atoms with Crippen LogP contribution in [0, 0.1) is 0 Å². The van der Waals surface area contributed by atoms with Gasteiger partial charge in [0.1, 0.15) is 0 Å². The monoisotopic (exact) mass is 412 g/mol. The summed E-state index contributed by atoms with van der Waals surface area (Å²) in [6.07, 6.45) is -4.34. The van der Waals surface area contributed by atoms with Crippen LogP contribution in [-0.2, 0) is 6.18 Å². The second-order valence-corrected chi connectivity index (χ2v) is 8.13. The zero-order valence-electron chi connectivity index (χ0n) is 17.6. The summed E-state index contributed by atoms with van der Waals surface area (Å²) in [7, 11) is 0. The van der Waals surface area contributed by atoms with Crippen LogP contribution in [0.5, 0.6) is 0 Å². The molecule has 0 aromatic heterocycles. The van der Waals surface area contributed by atoms with E-state index in [1.165, 1.54) is 12.1 Å². The maximum atomic E-state index is 12.9. The van der Waals surface area contributed by atoms with Crippen LogP contribution >= 0.6 is 0 Å². The number of nitrogens with two attached hydrogens (primary N) is 1. The Kier molecular flexibility index (Phi) is 6.11. The van der Waals surface area contributed by atoms with E-state index in [4.69, 9.17) is 5.73 Å². The van der Waals surface area contributed by atoms with Gasteiger partial charge in [0.15, 0.2) is 0 Å². The van der Waals surface area contributed by atoms with Crippen LogP contribution in [-0.4, -0.2) is 0 Å². The predicted molar refractivity (Wildman–Crippen MR) is 119 cm³/mol. The molecule has 0 atom stereocenters. The zero-order valence-corrected chi connectivity index (χ0v) is 17.6. The van der Waals surface area contributed by atoms with Crippen LogP contribution in [0.4, 0.5) is 30.2 Å². The number of rotatable bonds is 5. The maximum Gasteiger partial charge on any atom is 0.416 e. The van der Waals surface area contributed by atoms with Gasteiger partial charge in [-0.25, -0.2) is 0 Å². The lowest BCUT2D eigenvalue weighted by Gasteiger charge is -2.23. The second kappa shape index (κ2) is 8.42. The van der Waals surface area contributed by atoms with Crippen LogP contribution in [0.15, 0.2) is 60.7 Å². The first-order chi connectivity index (χ1) is 14.1. The van der Waals surface area contributed by atoms with Crippen molar-refractivity contribution in [3.8, 4) is 11.1 Å². The van der Waals surface area contributed by atoms with Crippen LogP contribution in [0.3, 0.4) is 0 Å². The van der Waals surface area contributed by atoms with Crippen molar-refractivity contribution in [3.05, 3.63) is 77.4 Å². The Hall–Kier alpha value is -2.95. The van der Waals surface area contributed by atoms with E-state index < -0.39 is 11.7 Å². The minimum atomic E-state index is -4.34. The number of nitrogen functional groups attached to an aromatic ring is 1. The van der Waals surface area contributed by atoms with Crippen LogP contribution in [0.1, 0.15) is 56.2 Å². The molecule has 30 heavy (non-hydrogen) atoms. The summed E-state index contributed by atoms with van der Waals surface area (Å²) in [6, 6.07) is 17.1. The number of anilines is 3. The van der Waals surface area contributed by atoms with Gasteiger partial charge in [0.2, 0.25) is 0 Å². The molecule has 0 heterocycles. The third kappa shape index (κ3) is 4.61. The molecule has 0 bridgehead atoms. The molecule has 0 fully saturated rings. The highest BCUT2D eigenvalue weighted by molar-refractivity contribution is 5.79. The highest BCUT2D eigenvalue weighted by Gasteiger charge is 2.30. The van der Waals surface area contributed by atoms with Crippen molar-refractivity contribution in [1.82, 2.24) is 0 Å². The molecule has 5 heteroatoms. The molecule has 3 aromatic carbocycles. The summed E-state index contributed by atoms with van der Waals surface area (Å²) >= 11 is 0. The summed E-state index contributed by atoms with van der Waals surface area (Å²) in [4.78, 5) is 0. The average molecular weight is 412 g/mol. The quantitative estimate of drug-likeness (QED) is 0.417. The van der Waals surface area contributed by atoms with Crippen molar-refractivity contribution < 1.29 is 13.2 Å². The van der Waals surface area contributed by atoms with Gasteiger partial charge in [-0.1, -0.05) is 52.0 Å². The lowest BCUT2D eigenvalue weighted by Crippen LogP contribution is -2.06. The van der Waals surface area contributed by atoms with Gasteiger partial charge < -0.3 is 11.1 Å². The van der Waals surface area contributed by atoms with E-state index in [2.05, 4.69) is 45.1 Å². The Bertz CT molecular complexity index is 990. The Morgan fingerprint density at radius 1 is 0.767 bits per heavy atom. The molecule has 0 spiro atoms. The standard InChI is InChI=1S/C25H27F3N2/c1-15(2)20-13-18(17-9-11-19(12-10-17)25(26,27)28)14-21(16(3)4)24(20)30-23-8-6-5-7-22(23)29/h5-16,30H,29H2,1-4H3. The first kappa shape index (κ1) is 21.8. The lowest BCUT2D eigenvalue weighted by molar-refractivity contribution is -0.137. The van der Waals surface area contributed by atoms with E-state index in [1.54, 1.807) is 0 Å². The first-order valence-electron chi connectivity index (χ1n) is 10.0. The van der Waals surface area contributed by atoms with Crippen molar-refractivity contribution in [2.24, 2.45) is 0 Å². The van der Waals surface area contributed by atoms with Crippen LogP contribution < -0.4 is 11.1 Å². The molecule has 0 saturated heterocycles.